The van der Waals surface area contributed by atoms with Crippen LogP contribution in [0, 0.1) is 5.41 Å². The van der Waals surface area contributed by atoms with Crippen LogP contribution >= 0.6 is 28.3 Å². The van der Waals surface area contributed by atoms with E-state index >= 15 is 0 Å². The molecule has 8 heteroatoms. The fourth-order valence-electron chi connectivity index (χ4n) is 1.76. The number of thiazole rings is 1. The highest BCUT2D eigenvalue weighted by Crippen LogP contribution is 2.33. The molecule has 20 heavy (non-hydrogen) atoms. The van der Waals surface area contributed by atoms with Crippen LogP contribution in [0.15, 0.2) is 12.1 Å². The molecule has 0 aliphatic carbocycles. The maximum Gasteiger partial charge on any atom is 0.325 e. The van der Waals surface area contributed by atoms with Crippen LogP contribution in [0.1, 0.15) is 0 Å². The number of benzene rings is 1. The minimum Gasteiger partial charge on any atom is -0.493 e. The first-order chi connectivity index (χ1) is 9.10. The number of carbonyl (C=O) groups is 1. The molecule has 0 spiro atoms. The highest BCUT2D eigenvalue weighted by atomic mass is 79.9. The number of hydrogen-bond donors (Lipinski definition) is 1. The molecule has 0 atom stereocenters. The third-order valence-corrected chi connectivity index (χ3v) is 3.68. The van der Waals surface area contributed by atoms with Gasteiger partial charge in [-0.2, -0.15) is 0 Å². The second-order valence-electron chi connectivity index (χ2n) is 3.74. The van der Waals surface area contributed by atoms with Crippen LogP contribution in [0.3, 0.4) is 0 Å². The van der Waals surface area contributed by atoms with Crippen LogP contribution in [-0.2, 0) is 16.1 Å². The van der Waals surface area contributed by atoms with Crippen LogP contribution < -0.4 is 14.3 Å². The minimum absolute atomic E-state index is 0. The lowest BCUT2D eigenvalue weighted by Crippen LogP contribution is -2.20. The van der Waals surface area contributed by atoms with Crippen LogP contribution in [0.4, 0.5) is 0 Å². The van der Waals surface area contributed by atoms with Crippen molar-refractivity contribution in [2.75, 3.05) is 21.3 Å². The zero-order valence-electron chi connectivity index (χ0n) is 11.3. The highest BCUT2D eigenvalue weighted by Gasteiger charge is 2.13. The van der Waals surface area contributed by atoms with Gasteiger partial charge in [-0.05, 0) is 0 Å². The Balaban J connectivity index is 0.00000200. The van der Waals surface area contributed by atoms with Crippen molar-refractivity contribution in [2.24, 2.45) is 0 Å². The number of nitrogens with one attached hydrogen (secondary N) is 1. The first-order valence-electron chi connectivity index (χ1n) is 5.47. The average molecular weight is 363 g/mol. The van der Waals surface area contributed by atoms with E-state index in [2.05, 4.69) is 4.74 Å². The summed E-state index contributed by atoms with van der Waals surface area (Å²) in [5, 5.41) is 7.91. The fraction of sp³-hybridized carbons (Fsp3) is 0.333. The minimum atomic E-state index is -0.395. The number of fused-ring (bicyclic) bond motifs is 1. The Morgan fingerprint density at radius 2 is 1.85 bits per heavy atom. The summed E-state index contributed by atoms with van der Waals surface area (Å²) < 4.78 is 17.5. The molecule has 0 radical (unpaired) electrons. The Bertz CT molecular complexity index is 680. The monoisotopic (exact) mass is 362 g/mol. The maximum atomic E-state index is 11.4. The smallest absolute Gasteiger partial charge is 0.325 e. The lowest BCUT2D eigenvalue weighted by molar-refractivity contribution is -0.141. The lowest BCUT2D eigenvalue weighted by Gasteiger charge is -2.08. The molecule has 2 aromatic rings. The number of nitrogens with zero attached hydrogens (tertiary/aromatic N) is 1. The topological polar surface area (TPSA) is 73.5 Å². The maximum absolute atomic E-state index is 11.4. The molecule has 0 saturated carbocycles. The van der Waals surface area contributed by atoms with Crippen molar-refractivity contribution in [3.05, 3.63) is 16.9 Å². The Morgan fingerprint density at radius 1 is 1.25 bits per heavy atom. The summed E-state index contributed by atoms with van der Waals surface area (Å²) in [7, 11) is 4.42. The second kappa shape index (κ2) is 6.76. The van der Waals surface area contributed by atoms with Crippen molar-refractivity contribution in [1.29, 1.82) is 5.41 Å². The number of halogens is 1. The van der Waals surface area contributed by atoms with Crippen LogP contribution in [0.5, 0.6) is 11.5 Å². The summed E-state index contributed by atoms with van der Waals surface area (Å²) in [5.74, 6) is 0.765. The van der Waals surface area contributed by atoms with Gasteiger partial charge in [-0.3, -0.25) is 10.2 Å². The van der Waals surface area contributed by atoms with Gasteiger partial charge in [-0.25, -0.2) is 0 Å². The number of ether oxygens (including phenoxy) is 3. The van der Waals surface area contributed by atoms with Crippen LogP contribution in [0.25, 0.3) is 10.2 Å². The first-order valence-corrected chi connectivity index (χ1v) is 6.29. The van der Waals surface area contributed by atoms with E-state index in [9.17, 15) is 4.79 Å². The summed E-state index contributed by atoms with van der Waals surface area (Å²) in [6.45, 7) is 0.00478. The highest BCUT2D eigenvalue weighted by molar-refractivity contribution is 8.93. The Morgan fingerprint density at radius 3 is 2.40 bits per heavy atom. The summed E-state index contributed by atoms with van der Waals surface area (Å²) >= 11 is 1.27. The zero-order chi connectivity index (χ0) is 14.0. The van der Waals surface area contributed by atoms with Crippen LogP contribution in [0.2, 0.25) is 0 Å². The summed E-state index contributed by atoms with van der Waals surface area (Å²) in [5.41, 5.74) is 0.748. The van der Waals surface area contributed by atoms with E-state index in [0.717, 1.165) is 10.2 Å². The van der Waals surface area contributed by atoms with Gasteiger partial charge in [0.1, 0.15) is 6.54 Å². The van der Waals surface area contributed by atoms with Gasteiger partial charge in [-0.15, -0.1) is 17.0 Å². The Labute approximate surface area is 130 Å². The van der Waals surface area contributed by atoms with Crippen molar-refractivity contribution in [1.82, 2.24) is 4.57 Å². The first kappa shape index (κ1) is 16.5. The van der Waals surface area contributed by atoms with Crippen molar-refractivity contribution in [2.45, 2.75) is 6.54 Å². The predicted molar refractivity (Wildman–Crippen MR) is 81.1 cm³/mol. The van der Waals surface area contributed by atoms with Gasteiger partial charge in [0.15, 0.2) is 16.3 Å². The molecule has 0 bridgehead atoms. The van der Waals surface area contributed by atoms with E-state index in [4.69, 9.17) is 14.9 Å². The molecule has 0 amide bonds. The number of methoxy groups -OCH3 is 3. The molecule has 0 aliphatic heterocycles. The van der Waals surface area contributed by atoms with E-state index in [1.807, 2.05) is 0 Å². The van der Waals surface area contributed by atoms with Crippen molar-refractivity contribution < 1.29 is 19.0 Å². The van der Waals surface area contributed by atoms with Crippen molar-refractivity contribution in [3.63, 3.8) is 0 Å². The van der Waals surface area contributed by atoms with Crippen molar-refractivity contribution in [3.8, 4) is 11.5 Å². The SMILES string of the molecule is Br.COC(=O)Cn1c(=N)sc2cc(OC)c(OC)cc21. The number of rotatable bonds is 4. The molecule has 1 N–H and O–H groups in total. The molecule has 0 fully saturated rings. The van der Waals surface area contributed by atoms with Gasteiger partial charge in [0, 0.05) is 12.1 Å². The number of esters is 1. The molecule has 110 valence electrons. The summed E-state index contributed by atoms with van der Waals surface area (Å²) in [4.78, 5) is 11.6. The Hall–Kier alpha value is -1.54. The van der Waals surface area contributed by atoms with E-state index < -0.39 is 5.97 Å². The zero-order valence-corrected chi connectivity index (χ0v) is 13.8. The molecular formula is C12H15BrN2O4S. The van der Waals surface area contributed by atoms with Gasteiger partial charge in [0.25, 0.3) is 0 Å². The van der Waals surface area contributed by atoms with E-state index in [1.54, 1.807) is 30.9 Å². The summed E-state index contributed by atoms with van der Waals surface area (Å²) in [6.07, 6.45) is 0. The number of aromatic nitrogens is 1. The van der Waals surface area contributed by atoms with Gasteiger partial charge >= 0.3 is 5.97 Å². The molecule has 0 saturated heterocycles. The van der Waals surface area contributed by atoms with E-state index in [0.29, 0.717) is 11.5 Å². The van der Waals surface area contributed by atoms with Crippen molar-refractivity contribution >= 4 is 44.5 Å². The molecular weight excluding hydrogens is 348 g/mol. The standard InChI is InChI=1S/C12H14N2O4S.BrH/c1-16-8-4-7-10(5-9(8)17-2)19-12(13)14(7)6-11(15)18-3;/h4-5,13H,6H2,1-3H3;1H. The molecule has 1 heterocycles. The summed E-state index contributed by atoms with van der Waals surface area (Å²) in [6, 6.07) is 3.55. The van der Waals surface area contributed by atoms with Gasteiger partial charge in [0.05, 0.1) is 31.5 Å². The van der Waals surface area contributed by atoms with E-state index in [-0.39, 0.29) is 28.3 Å². The molecule has 2 rings (SSSR count). The molecule has 6 nitrogen and oxygen atoms in total. The molecule has 0 unspecified atom stereocenters. The third kappa shape index (κ3) is 2.96. The third-order valence-electron chi connectivity index (χ3n) is 2.72. The molecule has 0 aliphatic rings. The largest absolute Gasteiger partial charge is 0.493 e. The Kier molecular flexibility index (Phi) is 5.58. The van der Waals surface area contributed by atoms with Crippen LogP contribution in [-0.4, -0.2) is 31.9 Å². The number of hydrogen-bond acceptors (Lipinski definition) is 6. The van der Waals surface area contributed by atoms with Gasteiger partial charge in [-0.1, -0.05) is 11.3 Å². The van der Waals surface area contributed by atoms with E-state index in [1.165, 1.54) is 18.4 Å². The second-order valence-corrected chi connectivity index (χ2v) is 4.78. The fourth-order valence-corrected chi connectivity index (χ4v) is 2.68. The predicted octanol–water partition coefficient (Wildman–Crippen LogP) is 1.95. The average Bonchev–Trinajstić information content (AvgIpc) is 2.72. The molecule has 1 aromatic carbocycles. The van der Waals surface area contributed by atoms with Gasteiger partial charge < -0.3 is 18.8 Å². The normalized spacial score (nSPS) is 9.95. The lowest BCUT2D eigenvalue weighted by atomic mass is 10.3. The quantitative estimate of drug-likeness (QED) is 0.843. The van der Waals surface area contributed by atoms with Gasteiger partial charge in [0.2, 0.25) is 0 Å². The number of carbonyl (C=O) groups excluding carboxylic acids is 1. The molecule has 1 aromatic heterocycles.